The molecule has 0 atom stereocenters. The molecule has 0 spiro atoms. The van der Waals surface area contributed by atoms with Crippen molar-refractivity contribution in [3.63, 3.8) is 0 Å². The highest BCUT2D eigenvalue weighted by molar-refractivity contribution is 7.59. The molecule has 0 aliphatic carbocycles. The van der Waals surface area contributed by atoms with Gasteiger partial charge in [0.15, 0.2) is 0 Å². The molecule has 0 N–H and O–H groups in total. The van der Waals surface area contributed by atoms with Crippen molar-refractivity contribution < 1.29 is 9.53 Å². The second-order valence-electron chi connectivity index (χ2n) is 5.91. The molecule has 22 heavy (non-hydrogen) atoms. The van der Waals surface area contributed by atoms with Crippen molar-refractivity contribution in [2.45, 2.75) is 96.8 Å². The Morgan fingerprint density at radius 2 is 1.23 bits per heavy atom. The third kappa shape index (κ3) is 19.6. The molecule has 0 aromatic heterocycles. The van der Waals surface area contributed by atoms with E-state index in [1.54, 1.807) is 0 Å². The smallest absolute Gasteiger partial charge is 0.305 e. The second kappa shape index (κ2) is 20.6. The van der Waals surface area contributed by atoms with Gasteiger partial charge in [0.1, 0.15) is 0 Å². The van der Waals surface area contributed by atoms with Crippen LogP contribution in [0.15, 0.2) is 12.2 Å². The highest BCUT2D eigenvalue weighted by atomic mass is 32.1. The van der Waals surface area contributed by atoms with E-state index < -0.39 is 0 Å². The summed E-state index contributed by atoms with van der Waals surface area (Å²) in [5, 5.41) is 0. The normalized spacial score (nSPS) is 10.6. The maximum absolute atomic E-state index is 10.9. The number of unbranched alkanes of at least 4 members (excludes halogenated alkanes) is 11. The molecule has 0 rings (SSSR count). The Morgan fingerprint density at radius 3 is 1.73 bits per heavy atom. The largest absolute Gasteiger partial charge is 0.469 e. The van der Waals surface area contributed by atoms with Crippen LogP contribution >= 0.6 is 13.5 Å². The highest BCUT2D eigenvalue weighted by Gasteiger charge is 1.98. The predicted molar refractivity (Wildman–Crippen MR) is 102 cm³/mol. The van der Waals surface area contributed by atoms with Gasteiger partial charge in [0.25, 0.3) is 0 Å². The molecule has 0 fully saturated rings. The summed E-state index contributed by atoms with van der Waals surface area (Å²) in [5.74, 6) is -0.0763. The van der Waals surface area contributed by atoms with Crippen molar-refractivity contribution >= 4 is 19.5 Å². The van der Waals surface area contributed by atoms with Gasteiger partial charge in [-0.1, -0.05) is 70.4 Å². The lowest BCUT2D eigenvalue weighted by atomic mass is 10.1. The van der Waals surface area contributed by atoms with E-state index in [-0.39, 0.29) is 19.5 Å². The monoisotopic (exact) mass is 330 g/mol. The summed E-state index contributed by atoms with van der Waals surface area (Å²) >= 11 is 0. The molecule has 0 saturated heterocycles. The third-order valence-corrected chi connectivity index (χ3v) is 3.87. The number of hydrogen-bond acceptors (Lipinski definition) is 2. The van der Waals surface area contributed by atoms with Crippen molar-refractivity contribution in [3.8, 4) is 0 Å². The van der Waals surface area contributed by atoms with Crippen LogP contribution in [0.5, 0.6) is 0 Å². The average molecular weight is 331 g/mol. The molecule has 0 aliphatic rings. The zero-order valence-corrected chi connectivity index (χ0v) is 15.9. The number of allylic oxidation sites excluding steroid dienone is 2. The third-order valence-electron chi connectivity index (χ3n) is 3.87. The number of hydrogen-bond donors (Lipinski definition) is 0. The first-order valence-electron chi connectivity index (χ1n) is 9.03. The Labute approximate surface area is 145 Å². The molecule has 0 aromatic rings. The maximum atomic E-state index is 10.9. The van der Waals surface area contributed by atoms with Crippen LogP contribution in [0.4, 0.5) is 0 Å². The standard InChI is InChI=1S/C19H36O2.H2S/c1-3-4-5-6-7-8-9-10-11-12-13-14-15-16-17-18-19(20)21-2;/h10-11H,3-9,12-18H2,1-2H3;1H2/b11-10-;. The summed E-state index contributed by atoms with van der Waals surface area (Å²) in [4.78, 5) is 10.9. The fourth-order valence-electron chi connectivity index (χ4n) is 2.44. The second-order valence-corrected chi connectivity index (χ2v) is 5.91. The van der Waals surface area contributed by atoms with Crippen molar-refractivity contribution in [1.82, 2.24) is 0 Å². The van der Waals surface area contributed by atoms with Gasteiger partial charge in [-0.2, -0.15) is 13.5 Å². The van der Waals surface area contributed by atoms with Crippen LogP contribution < -0.4 is 0 Å². The minimum Gasteiger partial charge on any atom is -0.469 e. The van der Waals surface area contributed by atoms with Crippen LogP contribution in [0.3, 0.4) is 0 Å². The van der Waals surface area contributed by atoms with Crippen LogP contribution in [0.25, 0.3) is 0 Å². The van der Waals surface area contributed by atoms with Gasteiger partial charge in [0, 0.05) is 6.42 Å². The van der Waals surface area contributed by atoms with Gasteiger partial charge in [0.05, 0.1) is 7.11 Å². The molecule has 3 heteroatoms. The van der Waals surface area contributed by atoms with E-state index in [0.29, 0.717) is 6.42 Å². The van der Waals surface area contributed by atoms with E-state index >= 15 is 0 Å². The number of methoxy groups -OCH3 is 1. The molecule has 0 unspecified atom stereocenters. The predicted octanol–water partition coefficient (Wildman–Crippen LogP) is 6.31. The quantitative estimate of drug-likeness (QED) is 0.200. The van der Waals surface area contributed by atoms with Gasteiger partial charge in [-0.25, -0.2) is 0 Å². The number of ether oxygens (including phenoxy) is 1. The first kappa shape index (κ1) is 23.8. The van der Waals surface area contributed by atoms with Crippen LogP contribution in [0, 0.1) is 0 Å². The lowest BCUT2D eigenvalue weighted by molar-refractivity contribution is -0.140. The molecule has 0 bridgehead atoms. The zero-order valence-electron chi connectivity index (χ0n) is 14.9. The van der Waals surface area contributed by atoms with E-state index in [9.17, 15) is 4.79 Å². The minimum absolute atomic E-state index is 0. The molecule has 132 valence electrons. The molecule has 0 radical (unpaired) electrons. The summed E-state index contributed by atoms with van der Waals surface area (Å²) < 4.78 is 4.62. The van der Waals surface area contributed by atoms with Crippen molar-refractivity contribution in [3.05, 3.63) is 12.2 Å². The van der Waals surface area contributed by atoms with Gasteiger partial charge in [-0.05, 0) is 32.1 Å². The average Bonchev–Trinajstić information content (AvgIpc) is 2.50. The van der Waals surface area contributed by atoms with Crippen LogP contribution in [-0.4, -0.2) is 13.1 Å². The Kier molecular flexibility index (Phi) is 22.3. The van der Waals surface area contributed by atoms with E-state index in [0.717, 1.165) is 12.8 Å². The molecule has 0 aliphatic heterocycles. The van der Waals surface area contributed by atoms with Crippen LogP contribution in [0.2, 0.25) is 0 Å². The molecular weight excluding hydrogens is 292 g/mol. The van der Waals surface area contributed by atoms with Gasteiger partial charge < -0.3 is 4.74 Å². The SMILES string of the molecule is CCCCCCCC/C=C\CCCCCCCC(=O)OC.S. The first-order chi connectivity index (χ1) is 10.3. The highest BCUT2D eigenvalue weighted by Crippen LogP contribution is 2.10. The summed E-state index contributed by atoms with van der Waals surface area (Å²) in [6, 6.07) is 0. The Bertz CT molecular complexity index is 252. The Balaban J connectivity index is 0. The van der Waals surface area contributed by atoms with E-state index in [2.05, 4.69) is 23.8 Å². The lowest BCUT2D eigenvalue weighted by Gasteiger charge is -2.00. The number of carbonyl (C=O) groups excluding carboxylic acids is 1. The summed E-state index contributed by atoms with van der Waals surface area (Å²) in [6.07, 6.45) is 22.0. The van der Waals surface area contributed by atoms with Crippen molar-refractivity contribution in [2.75, 3.05) is 7.11 Å². The van der Waals surface area contributed by atoms with Crippen molar-refractivity contribution in [1.29, 1.82) is 0 Å². The fraction of sp³-hybridized carbons (Fsp3) is 0.842. The molecule has 0 amide bonds. The summed E-state index contributed by atoms with van der Waals surface area (Å²) in [6.45, 7) is 2.27. The van der Waals surface area contributed by atoms with Gasteiger partial charge in [-0.3, -0.25) is 4.79 Å². The molecule has 0 saturated carbocycles. The fourth-order valence-corrected chi connectivity index (χ4v) is 2.44. The van der Waals surface area contributed by atoms with E-state index in [1.165, 1.54) is 77.7 Å². The molecular formula is C19H38O2S. The minimum atomic E-state index is -0.0763. The van der Waals surface area contributed by atoms with Gasteiger partial charge >= 0.3 is 5.97 Å². The van der Waals surface area contributed by atoms with Gasteiger partial charge in [0.2, 0.25) is 0 Å². The van der Waals surface area contributed by atoms with Gasteiger partial charge in [-0.15, -0.1) is 0 Å². The number of rotatable bonds is 15. The lowest BCUT2D eigenvalue weighted by Crippen LogP contribution is -1.98. The first-order valence-corrected chi connectivity index (χ1v) is 9.03. The number of esters is 1. The number of carbonyl (C=O) groups is 1. The molecule has 0 aromatic carbocycles. The summed E-state index contributed by atoms with van der Waals surface area (Å²) in [7, 11) is 1.46. The van der Waals surface area contributed by atoms with Crippen LogP contribution in [0.1, 0.15) is 96.8 Å². The Hall–Kier alpha value is -0.440. The van der Waals surface area contributed by atoms with Crippen molar-refractivity contribution in [2.24, 2.45) is 0 Å². The molecule has 2 nitrogen and oxygen atoms in total. The van der Waals surface area contributed by atoms with E-state index in [4.69, 9.17) is 0 Å². The molecule has 0 heterocycles. The maximum Gasteiger partial charge on any atom is 0.305 e. The summed E-state index contributed by atoms with van der Waals surface area (Å²) in [5.41, 5.74) is 0. The van der Waals surface area contributed by atoms with Crippen LogP contribution in [-0.2, 0) is 9.53 Å². The van der Waals surface area contributed by atoms with E-state index in [1.807, 2.05) is 0 Å². The topological polar surface area (TPSA) is 26.3 Å². The zero-order chi connectivity index (χ0) is 15.6. The Morgan fingerprint density at radius 1 is 0.773 bits per heavy atom.